The lowest BCUT2D eigenvalue weighted by Gasteiger charge is -2.31. The van der Waals surface area contributed by atoms with E-state index in [1.165, 1.54) is 74.7 Å². The quantitative estimate of drug-likeness (QED) is 0.174. The first-order chi connectivity index (χ1) is 17.9. The first kappa shape index (κ1) is 21.8. The molecule has 6 aromatic rings. The Hall–Kier alpha value is -3.20. The Labute approximate surface area is 229 Å². The summed E-state index contributed by atoms with van der Waals surface area (Å²) in [6.07, 6.45) is 0. The number of fused-ring (bicyclic) bond motifs is 14. The summed E-state index contributed by atoms with van der Waals surface area (Å²) in [5.41, 5.74) is 12.3. The van der Waals surface area contributed by atoms with Crippen molar-refractivity contribution >= 4 is 47.4 Å². The van der Waals surface area contributed by atoms with E-state index in [0.717, 1.165) is 0 Å². The van der Waals surface area contributed by atoms with Gasteiger partial charge in [0.25, 0.3) is 0 Å². The summed E-state index contributed by atoms with van der Waals surface area (Å²) in [5.74, 6) is 0. The molecule has 1 aromatic heterocycles. The van der Waals surface area contributed by atoms with Crippen LogP contribution in [0, 0.1) is 0 Å². The van der Waals surface area contributed by atoms with E-state index < -0.39 is 0 Å². The Morgan fingerprint density at radius 1 is 0.595 bits per heavy atom. The predicted octanol–water partition coefficient (Wildman–Crippen LogP) is 10.5. The number of rotatable bonds is 0. The standard InChI is InChI=1S/C35H25BrS/c1-34(2,3)20-15-16-22-21-9-4-6-12-26(21)35(29(22)19-20)27-13-7-5-10-25(27)31-28(35)18-17-24-23-11-8-14-30(36)32(23)37-33(24)31/h4-19H,1-3H3. The SMILES string of the molecule is CC(C)(C)c1ccc2c(c1)C1(c3ccccc3-2)c2ccccc2-c2c1ccc1c2sc2c(Br)cccc21. The van der Waals surface area contributed by atoms with Gasteiger partial charge >= 0.3 is 0 Å². The van der Waals surface area contributed by atoms with Crippen molar-refractivity contribution < 1.29 is 0 Å². The van der Waals surface area contributed by atoms with Crippen molar-refractivity contribution in [3.63, 3.8) is 0 Å². The maximum Gasteiger partial charge on any atom is 0.0726 e. The zero-order chi connectivity index (χ0) is 25.1. The first-order valence-electron chi connectivity index (χ1n) is 12.9. The minimum Gasteiger partial charge on any atom is -0.133 e. The lowest BCUT2D eigenvalue weighted by Crippen LogP contribution is -2.26. The highest BCUT2D eigenvalue weighted by atomic mass is 79.9. The van der Waals surface area contributed by atoms with Crippen LogP contribution in [0.3, 0.4) is 0 Å². The third-order valence-corrected chi connectivity index (χ3v) is 10.7. The largest absolute Gasteiger partial charge is 0.133 e. The molecule has 1 unspecified atom stereocenters. The van der Waals surface area contributed by atoms with Gasteiger partial charge in [0.2, 0.25) is 0 Å². The molecular weight excluding hydrogens is 532 g/mol. The van der Waals surface area contributed by atoms with Crippen molar-refractivity contribution in [2.75, 3.05) is 0 Å². The molecule has 2 heteroatoms. The first-order valence-corrected chi connectivity index (χ1v) is 14.5. The van der Waals surface area contributed by atoms with Crippen molar-refractivity contribution in [3.05, 3.63) is 129 Å². The molecule has 178 valence electrons. The third kappa shape index (κ3) is 2.63. The van der Waals surface area contributed by atoms with Crippen LogP contribution in [-0.4, -0.2) is 0 Å². The molecule has 0 saturated carbocycles. The summed E-state index contributed by atoms with van der Waals surface area (Å²) in [5, 5.41) is 2.68. The molecule has 0 saturated heterocycles. The van der Waals surface area contributed by atoms with Crippen LogP contribution in [0.2, 0.25) is 0 Å². The molecule has 0 N–H and O–H groups in total. The fraction of sp³-hybridized carbons (Fsp3) is 0.143. The summed E-state index contributed by atoms with van der Waals surface area (Å²) in [6.45, 7) is 6.95. The van der Waals surface area contributed by atoms with Gasteiger partial charge in [-0.3, -0.25) is 0 Å². The van der Waals surface area contributed by atoms with E-state index in [1.54, 1.807) is 0 Å². The zero-order valence-electron chi connectivity index (χ0n) is 21.0. The molecule has 0 aliphatic heterocycles. The molecule has 0 radical (unpaired) electrons. The van der Waals surface area contributed by atoms with Crippen molar-refractivity contribution in [3.8, 4) is 22.3 Å². The Kier molecular flexibility index (Phi) is 4.26. The zero-order valence-corrected chi connectivity index (χ0v) is 23.4. The average Bonchev–Trinajstić information content (AvgIpc) is 3.52. The van der Waals surface area contributed by atoms with Gasteiger partial charge < -0.3 is 0 Å². The molecule has 0 amide bonds. The van der Waals surface area contributed by atoms with Crippen molar-refractivity contribution in [2.24, 2.45) is 0 Å². The van der Waals surface area contributed by atoms with Gasteiger partial charge in [0.1, 0.15) is 0 Å². The molecule has 0 fully saturated rings. The number of benzene rings is 5. The topological polar surface area (TPSA) is 0 Å². The normalized spacial score (nSPS) is 17.3. The number of halogens is 1. The minimum atomic E-state index is -0.305. The highest BCUT2D eigenvalue weighted by Gasteiger charge is 2.52. The van der Waals surface area contributed by atoms with E-state index in [1.807, 2.05) is 11.3 Å². The predicted molar refractivity (Wildman–Crippen MR) is 162 cm³/mol. The maximum absolute atomic E-state index is 3.83. The van der Waals surface area contributed by atoms with Crippen LogP contribution in [0.15, 0.2) is 102 Å². The molecule has 2 aliphatic rings. The fourth-order valence-electron chi connectivity index (χ4n) is 6.91. The molecular formula is C35H25BrS. The molecule has 2 aliphatic carbocycles. The monoisotopic (exact) mass is 556 g/mol. The van der Waals surface area contributed by atoms with Gasteiger partial charge in [-0.25, -0.2) is 0 Å². The minimum absolute atomic E-state index is 0.0770. The van der Waals surface area contributed by atoms with Crippen molar-refractivity contribution in [2.45, 2.75) is 31.6 Å². The van der Waals surface area contributed by atoms with E-state index >= 15 is 0 Å². The van der Waals surface area contributed by atoms with E-state index in [4.69, 9.17) is 0 Å². The van der Waals surface area contributed by atoms with Gasteiger partial charge in [-0.1, -0.05) is 112 Å². The van der Waals surface area contributed by atoms with Crippen LogP contribution in [0.4, 0.5) is 0 Å². The second-order valence-corrected chi connectivity index (χ2v) is 13.3. The highest BCUT2D eigenvalue weighted by molar-refractivity contribution is 9.10. The number of hydrogen-bond donors (Lipinski definition) is 0. The van der Waals surface area contributed by atoms with Gasteiger partial charge in [0.05, 0.1) is 5.41 Å². The molecule has 37 heavy (non-hydrogen) atoms. The van der Waals surface area contributed by atoms with E-state index in [0.29, 0.717) is 0 Å². The summed E-state index contributed by atoms with van der Waals surface area (Å²) in [4.78, 5) is 0. The van der Waals surface area contributed by atoms with Crippen LogP contribution < -0.4 is 0 Å². The Balaban J connectivity index is 1.58. The van der Waals surface area contributed by atoms with E-state index in [2.05, 4.69) is 134 Å². The van der Waals surface area contributed by atoms with Crippen LogP contribution in [0.5, 0.6) is 0 Å². The summed E-state index contributed by atoms with van der Waals surface area (Å²) in [7, 11) is 0. The van der Waals surface area contributed by atoms with Crippen LogP contribution >= 0.6 is 27.3 Å². The smallest absolute Gasteiger partial charge is 0.0726 e. The highest BCUT2D eigenvalue weighted by Crippen LogP contribution is 2.64. The Morgan fingerprint density at radius 3 is 2.05 bits per heavy atom. The van der Waals surface area contributed by atoms with Gasteiger partial charge in [-0.15, -0.1) is 11.3 Å². The van der Waals surface area contributed by atoms with Crippen LogP contribution in [0.25, 0.3) is 42.4 Å². The lowest BCUT2D eigenvalue weighted by atomic mass is 9.69. The van der Waals surface area contributed by atoms with Crippen LogP contribution in [-0.2, 0) is 10.8 Å². The molecule has 1 spiro atoms. The number of hydrogen-bond acceptors (Lipinski definition) is 1. The maximum atomic E-state index is 3.83. The molecule has 0 nitrogen and oxygen atoms in total. The van der Waals surface area contributed by atoms with Crippen molar-refractivity contribution in [1.82, 2.24) is 0 Å². The molecule has 1 heterocycles. The second kappa shape index (κ2) is 7.22. The summed E-state index contributed by atoms with van der Waals surface area (Å²) in [6, 6.07) is 36.8. The van der Waals surface area contributed by atoms with Gasteiger partial charge in [0, 0.05) is 30.2 Å². The van der Waals surface area contributed by atoms with E-state index in [-0.39, 0.29) is 10.8 Å². The van der Waals surface area contributed by atoms with Crippen LogP contribution in [0.1, 0.15) is 48.6 Å². The second-order valence-electron chi connectivity index (χ2n) is 11.4. The average molecular weight is 558 g/mol. The molecule has 0 bridgehead atoms. The van der Waals surface area contributed by atoms with Gasteiger partial charge in [-0.05, 0) is 71.9 Å². The Morgan fingerprint density at radius 2 is 1.27 bits per heavy atom. The van der Waals surface area contributed by atoms with Gasteiger partial charge in [0.15, 0.2) is 0 Å². The summed E-state index contributed by atoms with van der Waals surface area (Å²) >= 11 is 5.75. The molecule has 5 aromatic carbocycles. The van der Waals surface area contributed by atoms with E-state index in [9.17, 15) is 0 Å². The lowest BCUT2D eigenvalue weighted by molar-refractivity contribution is 0.588. The number of thiophene rings is 1. The summed E-state index contributed by atoms with van der Waals surface area (Å²) < 4.78 is 3.89. The third-order valence-electron chi connectivity index (χ3n) is 8.53. The fourth-order valence-corrected chi connectivity index (χ4v) is 8.78. The molecule has 1 atom stereocenters. The van der Waals surface area contributed by atoms with Gasteiger partial charge in [-0.2, -0.15) is 0 Å². The van der Waals surface area contributed by atoms with Crippen molar-refractivity contribution in [1.29, 1.82) is 0 Å². The Bertz CT molecular complexity index is 1930. The molecule has 8 rings (SSSR count).